The van der Waals surface area contributed by atoms with Gasteiger partial charge >= 0.3 is 11.7 Å². The predicted octanol–water partition coefficient (Wildman–Crippen LogP) is 1.68. The molecule has 8 heteroatoms. The average molecular weight is 380 g/mol. The van der Waals surface area contributed by atoms with Crippen molar-refractivity contribution in [3.8, 4) is 0 Å². The first-order chi connectivity index (χ1) is 12.7. The molecule has 0 aliphatic carbocycles. The summed E-state index contributed by atoms with van der Waals surface area (Å²) in [5.74, 6) is -0.513. The van der Waals surface area contributed by atoms with E-state index >= 15 is 0 Å². The molecular weight excluding hydrogens is 352 g/mol. The molecule has 5 atom stereocenters. The zero-order valence-electron chi connectivity index (χ0n) is 16.5. The highest BCUT2D eigenvalue weighted by atomic mass is 16.6. The Kier molecular flexibility index (Phi) is 6.43. The smallest absolute Gasteiger partial charge is 0.330 e. The van der Waals surface area contributed by atoms with Gasteiger partial charge < -0.3 is 14.2 Å². The van der Waals surface area contributed by atoms with Crippen LogP contribution in [0, 0.1) is 12.8 Å². The van der Waals surface area contributed by atoms with Crippen molar-refractivity contribution in [2.75, 3.05) is 7.11 Å². The maximum Gasteiger partial charge on any atom is 0.330 e. The van der Waals surface area contributed by atoms with E-state index in [0.717, 1.165) is 0 Å². The summed E-state index contributed by atoms with van der Waals surface area (Å²) in [5, 5.41) is 0. The lowest BCUT2D eigenvalue weighted by Gasteiger charge is -2.38. The Morgan fingerprint density at radius 2 is 2.19 bits per heavy atom. The summed E-state index contributed by atoms with van der Waals surface area (Å²) in [7, 11) is 1.53. The van der Waals surface area contributed by atoms with E-state index in [1.807, 2.05) is 13.8 Å². The van der Waals surface area contributed by atoms with E-state index in [1.54, 1.807) is 13.0 Å². The Morgan fingerprint density at radius 3 is 2.70 bits per heavy atom. The van der Waals surface area contributed by atoms with E-state index in [0.29, 0.717) is 18.4 Å². The second kappa shape index (κ2) is 8.22. The summed E-state index contributed by atoms with van der Waals surface area (Å²) in [6.45, 7) is 10.6. The topological polar surface area (TPSA) is 99.6 Å². The third-order valence-electron chi connectivity index (χ3n) is 5.28. The number of H-pyrrole nitrogens is 1. The Balaban J connectivity index is 2.63. The average Bonchev–Trinajstić information content (AvgIpc) is 2.92. The van der Waals surface area contributed by atoms with E-state index < -0.39 is 41.3 Å². The number of hydrogen-bond donors (Lipinski definition) is 1. The van der Waals surface area contributed by atoms with Crippen molar-refractivity contribution < 1.29 is 19.0 Å². The summed E-state index contributed by atoms with van der Waals surface area (Å²) in [6, 6.07) is 0. The van der Waals surface area contributed by atoms with Gasteiger partial charge in [-0.05, 0) is 25.7 Å². The third-order valence-corrected chi connectivity index (χ3v) is 5.28. The van der Waals surface area contributed by atoms with Crippen LogP contribution in [0.25, 0.3) is 0 Å². The van der Waals surface area contributed by atoms with Gasteiger partial charge in [-0.3, -0.25) is 19.1 Å². The van der Waals surface area contributed by atoms with E-state index in [-0.39, 0.29) is 5.92 Å². The molecule has 8 nitrogen and oxygen atoms in total. The minimum Gasteiger partial charge on any atom is -0.455 e. The quantitative estimate of drug-likeness (QED) is 0.571. The molecule has 0 aromatic carbocycles. The molecule has 0 amide bonds. The number of methoxy groups -OCH3 is 1. The van der Waals surface area contributed by atoms with Crippen LogP contribution in [0.4, 0.5) is 0 Å². The van der Waals surface area contributed by atoms with E-state index in [2.05, 4.69) is 11.6 Å². The number of aryl methyl sites for hydroxylation is 1. The van der Waals surface area contributed by atoms with Gasteiger partial charge in [0.15, 0.2) is 12.3 Å². The van der Waals surface area contributed by atoms with Gasteiger partial charge in [-0.25, -0.2) is 4.79 Å². The molecule has 1 aromatic rings. The first-order valence-corrected chi connectivity index (χ1v) is 9.02. The first kappa shape index (κ1) is 21.1. The van der Waals surface area contributed by atoms with Crippen molar-refractivity contribution in [2.45, 2.75) is 64.6 Å². The second-order valence-electron chi connectivity index (χ2n) is 6.95. The molecule has 150 valence electrons. The molecule has 0 bridgehead atoms. The number of aromatic amines is 1. The van der Waals surface area contributed by atoms with Crippen LogP contribution in [0.2, 0.25) is 0 Å². The first-order valence-electron chi connectivity index (χ1n) is 9.02. The zero-order chi connectivity index (χ0) is 20.4. The lowest BCUT2D eigenvalue weighted by Crippen LogP contribution is -2.49. The largest absolute Gasteiger partial charge is 0.455 e. The van der Waals surface area contributed by atoms with Gasteiger partial charge in [0, 0.05) is 25.8 Å². The molecule has 1 N–H and O–H groups in total. The number of ether oxygens (including phenoxy) is 3. The number of allylic oxidation sites excluding steroid dienone is 1. The van der Waals surface area contributed by atoms with Crippen molar-refractivity contribution in [1.82, 2.24) is 9.55 Å². The molecule has 0 radical (unpaired) electrons. The van der Waals surface area contributed by atoms with Crippen molar-refractivity contribution in [3.05, 3.63) is 45.3 Å². The van der Waals surface area contributed by atoms with Crippen LogP contribution in [0.3, 0.4) is 0 Å². The maximum absolute atomic E-state index is 12.4. The number of esters is 1. The summed E-state index contributed by atoms with van der Waals surface area (Å²) in [6.07, 6.45) is 2.09. The minimum absolute atomic E-state index is 0.00688. The maximum atomic E-state index is 12.4. The molecule has 1 fully saturated rings. The van der Waals surface area contributed by atoms with Gasteiger partial charge in [0.2, 0.25) is 0 Å². The van der Waals surface area contributed by atoms with Crippen molar-refractivity contribution in [3.63, 3.8) is 0 Å². The number of nitrogens with one attached hydrogen (secondary N) is 1. The molecule has 1 saturated heterocycles. The van der Waals surface area contributed by atoms with E-state index in [9.17, 15) is 14.4 Å². The Labute approximate surface area is 158 Å². The fourth-order valence-corrected chi connectivity index (χ4v) is 3.90. The Bertz CT molecular complexity index is 813. The molecule has 2 rings (SSSR count). The SMILES string of the molecule is C=CC[C@H](C)[C@]1(CC)O[C@@H](n2cc(C)c(=O)[nH]c2=O)[C@H](OC(C)=O)[C@@H]1OC. The standard InChI is InChI=1S/C19H28N2O6/c1-7-9-12(4)19(8-2)15(25-6)14(26-13(5)22)17(27-19)21-10-11(3)16(23)20-18(21)24/h7,10,12,14-15,17H,1,8-9H2,2-6H3,(H,20,23,24)/t12-,14+,15-,17+,19-/m0/s1. The van der Waals surface area contributed by atoms with Crippen LogP contribution >= 0.6 is 0 Å². The predicted molar refractivity (Wildman–Crippen MR) is 99.5 cm³/mol. The summed E-state index contributed by atoms with van der Waals surface area (Å²) >= 11 is 0. The highest BCUT2D eigenvalue weighted by Crippen LogP contribution is 2.47. The fourth-order valence-electron chi connectivity index (χ4n) is 3.90. The summed E-state index contributed by atoms with van der Waals surface area (Å²) < 4.78 is 18.9. The summed E-state index contributed by atoms with van der Waals surface area (Å²) in [5.41, 5.74) is -1.55. The minimum atomic E-state index is -0.922. The lowest BCUT2D eigenvalue weighted by atomic mass is 9.79. The number of nitrogens with zero attached hydrogens (tertiary/aromatic N) is 1. The molecule has 1 aliphatic rings. The van der Waals surface area contributed by atoms with Crippen LogP contribution in [0.5, 0.6) is 0 Å². The van der Waals surface area contributed by atoms with Crippen LogP contribution < -0.4 is 11.2 Å². The normalized spacial score (nSPS) is 28.7. The molecule has 27 heavy (non-hydrogen) atoms. The molecule has 0 unspecified atom stereocenters. The third kappa shape index (κ3) is 3.77. The van der Waals surface area contributed by atoms with Gasteiger partial charge in [-0.2, -0.15) is 0 Å². The molecular formula is C19H28N2O6. The number of carbonyl (C=O) groups excluding carboxylic acids is 1. The van der Waals surface area contributed by atoms with Crippen LogP contribution in [-0.2, 0) is 19.0 Å². The van der Waals surface area contributed by atoms with Crippen LogP contribution in [-0.4, -0.2) is 40.4 Å². The van der Waals surface area contributed by atoms with E-state index in [4.69, 9.17) is 14.2 Å². The molecule has 2 heterocycles. The number of carbonyl (C=O) groups is 1. The Morgan fingerprint density at radius 1 is 1.52 bits per heavy atom. The fraction of sp³-hybridized carbons (Fsp3) is 0.632. The van der Waals surface area contributed by atoms with Gasteiger partial charge in [0.25, 0.3) is 5.56 Å². The zero-order valence-corrected chi connectivity index (χ0v) is 16.5. The van der Waals surface area contributed by atoms with Crippen LogP contribution in [0.15, 0.2) is 28.4 Å². The van der Waals surface area contributed by atoms with Gasteiger partial charge in [0.05, 0.1) is 0 Å². The monoisotopic (exact) mass is 380 g/mol. The molecule has 0 spiro atoms. The van der Waals surface area contributed by atoms with Gasteiger partial charge in [-0.15, -0.1) is 6.58 Å². The van der Waals surface area contributed by atoms with Crippen molar-refractivity contribution in [2.24, 2.45) is 5.92 Å². The van der Waals surface area contributed by atoms with Crippen molar-refractivity contribution in [1.29, 1.82) is 0 Å². The highest BCUT2D eigenvalue weighted by Gasteiger charge is 2.59. The van der Waals surface area contributed by atoms with Gasteiger partial charge in [0.1, 0.15) is 11.7 Å². The molecule has 0 saturated carbocycles. The number of aromatic nitrogens is 2. The number of hydrogen-bond acceptors (Lipinski definition) is 6. The van der Waals surface area contributed by atoms with Crippen LogP contribution in [0.1, 0.15) is 45.4 Å². The Hall–Kier alpha value is -2.19. The molecule has 1 aromatic heterocycles. The second-order valence-corrected chi connectivity index (χ2v) is 6.95. The van der Waals surface area contributed by atoms with Crippen molar-refractivity contribution >= 4 is 5.97 Å². The lowest BCUT2D eigenvalue weighted by molar-refractivity contribution is -0.157. The van der Waals surface area contributed by atoms with Gasteiger partial charge in [-0.1, -0.05) is 19.9 Å². The van der Waals surface area contributed by atoms with E-state index in [1.165, 1.54) is 24.8 Å². The summed E-state index contributed by atoms with van der Waals surface area (Å²) in [4.78, 5) is 38.2. The number of rotatable bonds is 7. The molecule has 1 aliphatic heterocycles. The highest BCUT2D eigenvalue weighted by molar-refractivity contribution is 5.66.